The molecular formula is C11H7ClN2S. The SMILES string of the molecule is N#Cc1c[nH]c(Sc2ccccc2Cl)c1. The fourth-order valence-electron chi connectivity index (χ4n) is 1.14. The van der Waals surface area contributed by atoms with E-state index in [0.717, 1.165) is 14.9 Å². The van der Waals surface area contributed by atoms with E-state index in [1.54, 1.807) is 12.3 Å². The summed E-state index contributed by atoms with van der Waals surface area (Å²) in [6, 6.07) is 11.5. The lowest BCUT2D eigenvalue weighted by Crippen LogP contribution is -1.73. The zero-order valence-corrected chi connectivity index (χ0v) is 9.27. The molecule has 0 aliphatic carbocycles. The second kappa shape index (κ2) is 4.43. The lowest BCUT2D eigenvalue weighted by Gasteiger charge is -2.00. The number of nitrogens with zero attached hydrogens (tertiary/aromatic N) is 1. The molecule has 0 fully saturated rings. The van der Waals surface area contributed by atoms with Crippen LogP contribution in [0.15, 0.2) is 46.5 Å². The maximum absolute atomic E-state index is 8.67. The summed E-state index contributed by atoms with van der Waals surface area (Å²) in [5.74, 6) is 0. The number of nitrogens with one attached hydrogen (secondary N) is 1. The van der Waals surface area contributed by atoms with Crippen molar-refractivity contribution in [1.29, 1.82) is 5.26 Å². The van der Waals surface area contributed by atoms with E-state index in [1.165, 1.54) is 11.8 Å². The van der Waals surface area contributed by atoms with Crippen LogP contribution in [0.3, 0.4) is 0 Å². The largest absolute Gasteiger partial charge is 0.355 e. The molecule has 0 atom stereocenters. The minimum atomic E-state index is 0.629. The number of halogens is 1. The molecule has 2 rings (SSSR count). The summed E-state index contributed by atoms with van der Waals surface area (Å²) in [5.41, 5.74) is 0.629. The van der Waals surface area contributed by atoms with Crippen molar-refractivity contribution in [3.05, 3.63) is 47.1 Å². The highest BCUT2D eigenvalue weighted by Gasteiger charge is 2.03. The van der Waals surface area contributed by atoms with E-state index >= 15 is 0 Å². The summed E-state index contributed by atoms with van der Waals surface area (Å²) in [7, 11) is 0. The fourth-order valence-corrected chi connectivity index (χ4v) is 2.25. The highest BCUT2D eigenvalue weighted by atomic mass is 35.5. The van der Waals surface area contributed by atoms with Gasteiger partial charge in [-0.15, -0.1) is 0 Å². The van der Waals surface area contributed by atoms with Crippen LogP contribution in [0.2, 0.25) is 5.02 Å². The van der Waals surface area contributed by atoms with Gasteiger partial charge in [-0.1, -0.05) is 35.5 Å². The van der Waals surface area contributed by atoms with Crippen molar-refractivity contribution in [1.82, 2.24) is 4.98 Å². The Morgan fingerprint density at radius 3 is 2.80 bits per heavy atom. The van der Waals surface area contributed by atoms with Gasteiger partial charge in [0.15, 0.2) is 0 Å². The van der Waals surface area contributed by atoms with Crippen molar-refractivity contribution in [2.75, 3.05) is 0 Å². The van der Waals surface area contributed by atoms with Crippen LogP contribution in [-0.4, -0.2) is 4.98 Å². The second-order valence-corrected chi connectivity index (χ2v) is 4.39. The Labute approximate surface area is 96.9 Å². The molecule has 0 unspecified atom stereocenters. The Balaban J connectivity index is 2.23. The van der Waals surface area contributed by atoms with E-state index < -0.39 is 0 Å². The van der Waals surface area contributed by atoms with Crippen molar-refractivity contribution in [2.45, 2.75) is 9.92 Å². The average molecular weight is 235 g/mol. The van der Waals surface area contributed by atoms with Crippen LogP contribution in [0, 0.1) is 11.3 Å². The van der Waals surface area contributed by atoms with Gasteiger partial charge in [-0.05, 0) is 18.2 Å². The van der Waals surface area contributed by atoms with Crippen molar-refractivity contribution in [2.24, 2.45) is 0 Å². The molecular weight excluding hydrogens is 228 g/mol. The third-order valence-electron chi connectivity index (χ3n) is 1.84. The summed E-state index contributed by atoms with van der Waals surface area (Å²) in [6.07, 6.45) is 1.68. The molecule has 0 saturated heterocycles. The Kier molecular flexibility index (Phi) is 3.00. The molecule has 0 aliphatic heterocycles. The highest BCUT2D eigenvalue weighted by Crippen LogP contribution is 2.32. The van der Waals surface area contributed by atoms with E-state index in [2.05, 4.69) is 11.1 Å². The molecule has 0 bridgehead atoms. The number of hydrogen-bond donors (Lipinski definition) is 1. The van der Waals surface area contributed by atoms with Crippen molar-refractivity contribution >= 4 is 23.4 Å². The smallest absolute Gasteiger partial charge is 0.101 e. The number of H-pyrrole nitrogens is 1. The fraction of sp³-hybridized carbons (Fsp3) is 0. The first-order chi connectivity index (χ1) is 7.29. The van der Waals surface area contributed by atoms with Crippen LogP contribution < -0.4 is 0 Å². The monoisotopic (exact) mass is 234 g/mol. The molecule has 74 valence electrons. The third-order valence-corrected chi connectivity index (χ3v) is 3.32. The molecule has 0 amide bonds. The van der Waals surface area contributed by atoms with Gasteiger partial charge in [-0.3, -0.25) is 0 Å². The van der Waals surface area contributed by atoms with Crippen molar-refractivity contribution in [3.63, 3.8) is 0 Å². The first kappa shape index (κ1) is 10.2. The molecule has 4 heteroatoms. The Hall–Kier alpha value is -1.37. The van der Waals surface area contributed by atoms with Crippen LogP contribution >= 0.6 is 23.4 Å². The van der Waals surface area contributed by atoms with Crippen LogP contribution in [0.5, 0.6) is 0 Å². The van der Waals surface area contributed by atoms with Crippen LogP contribution in [0.4, 0.5) is 0 Å². The standard InChI is InChI=1S/C11H7ClN2S/c12-9-3-1-2-4-10(9)15-11-5-8(6-13)7-14-11/h1-5,7,14H. The lowest BCUT2D eigenvalue weighted by atomic mass is 10.4. The molecule has 0 aliphatic rings. The Morgan fingerprint density at radius 1 is 1.33 bits per heavy atom. The minimum absolute atomic E-state index is 0.629. The topological polar surface area (TPSA) is 39.6 Å². The number of rotatable bonds is 2. The number of nitriles is 1. The number of aromatic amines is 1. The highest BCUT2D eigenvalue weighted by molar-refractivity contribution is 7.99. The average Bonchev–Trinajstić information content (AvgIpc) is 2.69. The minimum Gasteiger partial charge on any atom is -0.355 e. The quantitative estimate of drug-likeness (QED) is 0.861. The Morgan fingerprint density at radius 2 is 2.13 bits per heavy atom. The van der Waals surface area contributed by atoms with Gasteiger partial charge in [0.1, 0.15) is 6.07 Å². The zero-order valence-electron chi connectivity index (χ0n) is 7.70. The van der Waals surface area contributed by atoms with Gasteiger partial charge in [0.2, 0.25) is 0 Å². The van der Waals surface area contributed by atoms with Crippen LogP contribution in [0.1, 0.15) is 5.56 Å². The summed E-state index contributed by atoms with van der Waals surface area (Å²) in [5, 5.41) is 10.3. The molecule has 2 aromatic rings. The van der Waals surface area contributed by atoms with E-state index in [1.807, 2.05) is 24.3 Å². The summed E-state index contributed by atoms with van der Waals surface area (Å²) >= 11 is 7.53. The number of hydrogen-bond acceptors (Lipinski definition) is 2. The third kappa shape index (κ3) is 2.35. The summed E-state index contributed by atoms with van der Waals surface area (Å²) < 4.78 is 0. The van der Waals surface area contributed by atoms with Gasteiger partial charge in [0.25, 0.3) is 0 Å². The van der Waals surface area contributed by atoms with Gasteiger partial charge in [-0.2, -0.15) is 5.26 Å². The molecule has 0 radical (unpaired) electrons. The van der Waals surface area contributed by atoms with Crippen molar-refractivity contribution in [3.8, 4) is 6.07 Å². The molecule has 1 aromatic carbocycles. The van der Waals surface area contributed by atoms with E-state index in [4.69, 9.17) is 16.9 Å². The predicted octanol–water partition coefficient (Wildman–Crippen LogP) is 3.69. The van der Waals surface area contributed by atoms with Gasteiger partial charge < -0.3 is 4.98 Å². The molecule has 1 N–H and O–H groups in total. The summed E-state index contributed by atoms with van der Waals surface area (Å²) in [6.45, 7) is 0. The second-order valence-electron chi connectivity index (χ2n) is 2.90. The zero-order chi connectivity index (χ0) is 10.7. The maximum Gasteiger partial charge on any atom is 0.101 e. The number of benzene rings is 1. The molecule has 1 heterocycles. The van der Waals surface area contributed by atoms with E-state index in [0.29, 0.717) is 5.56 Å². The molecule has 15 heavy (non-hydrogen) atoms. The normalized spacial score (nSPS) is 9.87. The molecule has 1 aromatic heterocycles. The molecule has 2 nitrogen and oxygen atoms in total. The maximum atomic E-state index is 8.67. The molecule has 0 spiro atoms. The summed E-state index contributed by atoms with van der Waals surface area (Å²) in [4.78, 5) is 3.99. The predicted molar refractivity (Wildman–Crippen MR) is 61.1 cm³/mol. The van der Waals surface area contributed by atoms with Gasteiger partial charge in [0.05, 0.1) is 15.6 Å². The van der Waals surface area contributed by atoms with Gasteiger partial charge in [-0.25, -0.2) is 0 Å². The van der Waals surface area contributed by atoms with E-state index in [9.17, 15) is 0 Å². The lowest BCUT2D eigenvalue weighted by molar-refractivity contribution is 1.20. The number of aromatic nitrogens is 1. The first-order valence-corrected chi connectivity index (χ1v) is 5.50. The molecule has 0 saturated carbocycles. The van der Waals surface area contributed by atoms with Crippen LogP contribution in [-0.2, 0) is 0 Å². The van der Waals surface area contributed by atoms with Gasteiger partial charge >= 0.3 is 0 Å². The van der Waals surface area contributed by atoms with Gasteiger partial charge in [0, 0.05) is 11.1 Å². The van der Waals surface area contributed by atoms with E-state index in [-0.39, 0.29) is 0 Å². The van der Waals surface area contributed by atoms with Crippen molar-refractivity contribution < 1.29 is 0 Å². The first-order valence-electron chi connectivity index (χ1n) is 4.30. The van der Waals surface area contributed by atoms with Crippen LogP contribution in [0.25, 0.3) is 0 Å². The Bertz CT molecular complexity index is 513.